The molecule has 2 aliphatic rings. The zero-order valence-corrected chi connectivity index (χ0v) is 16.1. The van der Waals surface area contributed by atoms with E-state index in [1.165, 1.54) is 10.4 Å². The summed E-state index contributed by atoms with van der Waals surface area (Å²) in [5.74, 6) is 0.267. The van der Waals surface area contributed by atoms with E-state index in [1.807, 2.05) is 17.5 Å². The molecule has 1 amide bonds. The minimum absolute atomic E-state index is 0.0151. The Bertz CT molecular complexity index is 883. The first-order valence-corrected chi connectivity index (χ1v) is 11.3. The van der Waals surface area contributed by atoms with Crippen LogP contribution in [0, 0.1) is 5.92 Å². The van der Waals surface area contributed by atoms with E-state index in [2.05, 4.69) is 5.32 Å². The largest absolute Gasteiger partial charge is 0.344 e. The Hall–Kier alpha value is -1.70. The average molecular weight is 391 g/mol. The van der Waals surface area contributed by atoms with Crippen LogP contribution in [0.15, 0.2) is 46.7 Å². The molecule has 4 rings (SSSR count). The van der Waals surface area contributed by atoms with Crippen molar-refractivity contribution in [2.75, 3.05) is 13.1 Å². The van der Waals surface area contributed by atoms with Crippen molar-refractivity contribution in [2.45, 2.75) is 36.6 Å². The van der Waals surface area contributed by atoms with Crippen LogP contribution in [0.25, 0.3) is 0 Å². The Morgan fingerprint density at radius 1 is 1.15 bits per heavy atom. The lowest BCUT2D eigenvalue weighted by Crippen LogP contribution is -2.30. The summed E-state index contributed by atoms with van der Waals surface area (Å²) in [6.45, 7) is 1.11. The van der Waals surface area contributed by atoms with Crippen LogP contribution < -0.4 is 5.32 Å². The van der Waals surface area contributed by atoms with Crippen molar-refractivity contribution in [3.63, 3.8) is 0 Å². The van der Waals surface area contributed by atoms with Gasteiger partial charge in [0.1, 0.15) is 0 Å². The molecule has 26 heavy (non-hydrogen) atoms. The van der Waals surface area contributed by atoms with Gasteiger partial charge in [0.2, 0.25) is 10.0 Å². The van der Waals surface area contributed by atoms with E-state index in [1.54, 1.807) is 29.5 Å². The summed E-state index contributed by atoms with van der Waals surface area (Å²) in [5.41, 5.74) is 0.396. The van der Waals surface area contributed by atoms with Gasteiger partial charge in [-0.3, -0.25) is 4.79 Å². The number of nitrogens with one attached hydrogen (secondary N) is 1. The van der Waals surface area contributed by atoms with Gasteiger partial charge in [-0.15, -0.1) is 11.3 Å². The molecule has 1 saturated heterocycles. The quantitative estimate of drug-likeness (QED) is 0.822. The van der Waals surface area contributed by atoms with E-state index in [9.17, 15) is 13.2 Å². The number of rotatable bonds is 6. The van der Waals surface area contributed by atoms with E-state index in [4.69, 9.17) is 0 Å². The molecule has 1 aromatic heterocycles. The van der Waals surface area contributed by atoms with Crippen molar-refractivity contribution in [3.8, 4) is 0 Å². The molecule has 0 spiro atoms. The standard InChI is InChI=1S/C19H22N2O3S2/c22-19(20-18(14-8-9-14)17-7-4-12-25-17)15-5-3-6-16(13-15)26(23,24)21-10-1-2-11-21/h3-7,12-14,18H,1-2,8-11H2,(H,20,22)/t18-/m1/s1. The van der Waals surface area contributed by atoms with Gasteiger partial charge in [0.15, 0.2) is 0 Å². The molecule has 1 aliphatic carbocycles. The molecule has 1 saturated carbocycles. The molecule has 1 atom stereocenters. The molecule has 5 nitrogen and oxygen atoms in total. The van der Waals surface area contributed by atoms with Gasteiger partial charge < -0.3 is 5.32 Å². The molecule has 0 unspecified atom stereocenters. The lowest BCUT2D eigenvalue weighted by atomic mass is 10.1. The molecule has 0 bridgehead atoms. The van der Waals surface area contributed by atoms with Gasteiger partial charge in [0.05, 0.1) is 10.9 Å². The van der Waals surface area contributed by atoms with Gasteiger partial charge in [-0.05, 0) is 61.2 Å². The molecule has 138 valence electrons. The zero-order chi connectivity index (χ0) is 18.1. The highest BCUT2D eigenvalue weighted by Gasteiger charge is 2.34. The fraction of sp³-hybridized carbons (Fsp3) is 0.421. The number of carbonyl (C=O) groups is 1. The molecular formula is C19H22N2O3S2. The highest BCUT2D eigenvalue weighted by atomic mass is 32.2. The third kappa shape index (κ3) is 3.56. The minimum Gasteiger partial charge on any atom is -0.344 e. The summed E-state index contributed by atoms with van der Waals surface area (Å²) in [5, 5.41) is 5.12. The summed E-state index contributed by atoms with van der Waals surface area (Å²) in [6.07, 6.45) is 4.02. The molecule has 2 heterocycles. The van der Waals surface area contributed by atoms with E-state index in [0.29, 0.717) is 24.6 Å². The molecule has 1 N–H and O–H groups in total. The maximum atomic E-state index is 12.8. The van der Waals surface area contributed by atoms with E-state index in [-0.39, 0.29) is 16.8 Å². The van der Waals surface area contributed by atoms with Crippen LogP contribution in [0.1, 0.15) is 47.0 Å². The second-order valence-corrected chi connectivity index (χ2v) is 9.86. The third-order valence-electron chi connectivity index (χ3n) is 5.03. The lowest BCUT2D eigenvalue weighted by molar-refractivity contribution is 0.0932. The number of carbonyl (C=O) groups excluding carboxylic acids is 1. The smallest absolute Gasteiger partial charge is 0.251 e. The molecule has 2 fully saturated rings. The van der Waals surface area contributed by atoms with Crippen molar-refractivity contribution >= 4 is 27.3 Å². The first-order chi connectivity index (χ1) is 12.6. The topological polar surface area (TPSA) is 66.5 Å². The highest BCUT2D eigenvalue weighted by molar-refractivity contribution is 7.89. The van der Waals surface area contributed by atoms with Crippen LogP contribution >= 0.6 is 11.3 Å². The second-order valence-electron chi connectivity index (χ2n) is 6.94. The molecule has 1 aromatic carbocycles. The molecular weight excluding hydrogens is 368 g/mol. The number of benzene rings is 1. The van der Waals surface area contributed by atoms with E-state index < -0.39 is 10.0 Å². The Morgan fingerprint density at radius 3 is 2.58 bits per heavy atom. The van der Waals surface area contributed by atoms with Gasteiger partial charge >= 0.3 is 0 Å². The number of sulfonamides is 1. The van der Waals surface area contributed by atoms with Gasteiger partial charge in [-0.25, -0.2) is 8.42 Å². The minimum atomic E-state index is -3.51. The van der Waals surface area contributed by atoms with Crippen LogP contribution in [0.2, 0.25) is 0 Å². The van der Waals surface area contributed by atoms with Crippen molar-refractivity contribution in [2.24, 2.45) is 5.92 Å². The predicted molar refractivity (Wildman–Crippen MR) is 102 cm³/mol. The van der Waals surface area contributed by atoms with Crippen molar-refractivity contribution < 1.29 is 13.2 Å². The molecule has 7 heteroatoms. The number of thiophene rings is 1. The Kier molecular flexibility index (Phi) is 4.86. The van der Waals surface area contributed by atoms with Crippen molar-refractivity contribution in [3.05, 3.63) is 52.2 Å². The maximum absolute atomic E-state index is 12.8. The molecule has 0 radical (unpaired) electrons. The Balaban J connectivity index is 1.55. The van der Waals surface area contributed by atoms with Crippen LogP contribution in [0.4, 0.5) is 0 Å². The Morgan fingerprint density at radius 2 is 1.92 bits per heavy atom. The van der Waals surface area contributed by atoms with Crippen LogP contribution in [-0.2, 0) is 10.0 Å². The maximum Gasteiger partial charge on any atom is 0.251 e. The summed E-state index contributed by atoms with van der Waals surface area (Å²) in [7, 11) is -3.51. The number of hydrogen-bond acceptors (Lipinski definition) is 4. The summed E-state index contributed by atoms with van der Waals surface area (Å²) in [6, 6.07) is 10.4. The van der Waals surface area contributed by atoms with Crippen LogP contribution in [0.3, 0.4) is 0 Å². The summed E-state index contributed by atoms with van der Waals surface area (Å²) < 4.78 is 27.0. The zero-order valence-electron chi connectivity index (χ0n) is 14.4. The second kappa shape index (κ2) is 7.13. The number of hydrogen-bond donors (Lipinski definition) is 1. The van der Waals surface area contributed by atoms with Crippen LogP contribution in [-0.4, -0.2) is 31.7 Å². The SMILES string of the molecule is O=C(N[C@@H](c1cccs1)C1CC1)c1cccc(S(=O)(=O)N2CCCC2)c1. The third-order valence-corrected chi connectivity index (χ3v) is 7.88. The van der Waals surface area contributed by atoms with Crippen molar-refractivity contribution in [1.82, 2.24) is 9.62 Å². The number of amides is 1. The van der Waals surface area contributed by atoms with Crippen molar-refractivity contribution in [1.29, 1.82) is 0 Å². The van der Waals surface area contributed by atoms with Gasteiger partial charge in [0, 0.05) is 23.5 Å². The first-order valence-electron chi connectivity index (χ1n) is 9.00. The van der Waals surface area contributed by atoms with Gasteiger partial charge in [-0.2, -0.15) is 4.31 Å². The first kappa shape index (κ1) is 17.7. The summed E-state index contributed by atoms with van der Waals surface area (Å²) >= 11 is 1.64. The molecule has 1 aliphatic heterocycles. The van der Waals surface area contributed by atoms with Gasteiger partial charge in [-0.1, -0.05) is 12.1 Å². The molecule has 2 aromatic rings. The number of nitrogens with zero attached hydrogens (tertiary/aromatic N) is 1. The van der Waals surface area contributed by atoms with E-state index in [0.717, 1.165) is 30.6 Å². The van der Waals surface area contributed by atoms with E-state index >= 15 is 0 Å². The predicted octanol–water partition coefficient (Wildman–Crippen LogP) is 3.41. The summed E-state index contributed by atoms with van der Waals surface area (Å²) in [4.78, 5) is 14.1. The normalized spacial score (nSPS) is 19.4. The lowest BCUT2D eigenvalue weighted by Gasteiger charge is -2.18. The highest BCUT2D eigenvalue weighted by Crippen LogP contribution is 2.42. The monoisotopic (exact) mass is 390 g/mol. The fourth-order valence-corrected chi connectivity index (χ4v) is 5.85. The van der Waals surface area contributed by atoms with Crippen LogP contribution in [0.5, 0.6) is 0 Å². The fourth-order valence-electron chi connectivity index (χ4n) is 3.42. The van der Waals surface area contributed by atoms with Gasteiger partial charge in [0.25, 0.3) is 5.91 Å². The average Bonchev–Trinajstić information content (AvgIpc) is 3.12. The Labute approximate surface area is 158 Å².